The topological polar surface area (TPSA) is 95.9 Å². The second-order valence-electron chi connectivity index (χ2n) is 7.79. The van der Waals surface area contributed by atoms with Gasteiger partial charge in [0.15, 0.2) is 0 Å². The molecule has 1 heterocycles. The first-order valence-electron chi connectivity index (χ1n) is 10.5. The molecule has 0 fully saturated rings. The number of benzene rings is 3. The molecule has 0 radical (unpaired) electrons. The Hall–Kier alpha value is -4.18. The van der Waals surface area contributed by atoms with Crippen molar-refractivity contribution < 1.29 is 37.4 Å². The quantitative estimate of drug-likeness (QED) is 0.497. The van der Waals surface area contributed by atoms with Crippen molar-refractivity contribution in [1.29, 1.82) is 0 Å². The van der Waals surface area contributed by atoms with E-state index in [4.69, 9.17) is 0 Å². The SMILES string of the molecule is O=C(NCC(O)c1ccc(OC(F)(F)F)cc1)c1cccc(CN2C(=O)c3ccccc3C2=O)c1. The second kappa shape index (κ2) is 9.59. The molecular weight excluding hydrogens is 465 g/mol. The summed E-state index contributed by atoms with van der Waals surface area (Å²) in [5.41, 5.74) is 1.77. The fraction of sp³-hybridized carbons (Fsp3) is 0.160. The number of fused-ring (bicyclic) bond motifs is 1. The van der Waals surface area contributed by atoms with Gasteiger partial charge in [0.2, 0.25) is 0 Å². The van der Waals surface area contributed by atoms with Crippen molar-refractivity contribution in [3.63, 3.8) is 0 Å². The zero-order valence-electron chi connectivity index (χ0n) is 18.1. The van der Waals surface area contributed by atoms with E-state index in [0.29, 0.717) is 22.3 Å². The van der Waals surface area contributed by atoms with Crippen LogP contribution in [0.4, 0.5) is 13.2 Å². The van der Waals surface area contributed by atoms with E-state index in [1.165, 1.54) is 24.3 Å². The molecule has 4 rings (SSSR count). The van der Waals surface area contributed by atoms with E-state index < -0.39 is 35.9 Å². The summed E-state index contributed by atoms with van der Waals surface area (Å²) in [6.07, 6.45) is -5.98. The van der Waals surface area contributed by atoms with Gasteiger partial charge >= 0.3 is 6.36 Å². The number of nitrogens with one attached hydrogen (secondary N) is 1. The molecule has 35 heavy (non-hydrogen) atoms. The molecule has 3 aromatic rings. The van der Waals surface area contributed by atoms with Crippen LogP contribution in [-0.4, -0.2) is 40.6 Å². The molecule has 1 aliphatic heterocycles. The van der Waals surface area contributed by atoms with Crippen LogP contribution in [0.1, 0.15) is 48.3 Å². The first-order valence-corrected chi connectivity index (χ1v) is 10.5. The summed E-state index contributed by atoms with van der Waals surface area (Å²) in [5, 5.41) is 12.8. The number of carbonyl (C=O) groups excluding carboxylic acids is 3. The summed E-state index contributed by atoms with van der Waals surface area (Å²) in [4.78, 5) is 38.8. The number of alkyl halides is 3. The Morgan fingerprint density at radius 2 is 1.57 bits per heavy atom. The van der Waals surface area contributed by atoms with Crippen LogP contribution >= 0.6 is 0 Å². The monoisotopic (exact) mass is 484 g/mol. The number of halogens is 3. The van der Waals surface area contributed by atoms with Crippen LogP contribution in [0.15, 0.2) is 72.8 Å². The normalized spacial score (nSPS) is 14.0. The van der Waals surface area contributed by atoms with Crippen molar-refractivity contribution in [2.24, 2.45) is 0 Å². The molecule has 0 aromatic heterocycles. The molecule has 0 bridgehead atoms. The molecule has 7 nitrogen and oxygen atoms in total. The number of amides is 3. The molecule has 2 N–H and O–H groups in total. The summed E-state index contributed by atoms with van der Waals surface area (Å²) >= 11 is 0. The molecule has 3 aromatic carbocycles. The smallest absolute Gasteiger partial charge is 0.406 e. The van der Waals surface area contributed by atoms with E-state index in [2.05, 4.69) is 10.1 Å². The third-order valence-corrected chi connectivity index (χ3v) is 5.36. The van der Waals surface area contributed by atoms with Gasteiger partial charge in [-0.15, -0.1) is 13.2 Å². The minimum absolute atomic E-state index is 0.0115. The Labute approximate surface area is 197 Å². The highest BCUT2D eigenvalue weighted by Gasteiger charge is 2.35. The number of ether oxygens (including phenoxy) is 1. The largest absolute Gasteiger partial charge is 0.573 e. The van der Waals surface area contributed by atoms with Gasteiger partial charge in [0.25, 0.3) is 17.7 Å². The molecule has 0 spiro atoms. The molecule has 180 valence electrons. The Bertz CT molecular complexity index is 1240. The van der Waals surface area contributed by atoms with Crippen molar-refractivity contribution in [1.82, 2.24) is 10.2 Å². The minimum Gasteiger partial charge on any atom is -0.406 e. The maximum atomic E-state index is 12.6. The van der Waals surface area contributed by atoms with Crippen molar-refractivity contribution in [3.05, 3.63) is 101 Å². The predicted octanol–water partition coefficient (Wildman–Crippen LogP) is 3.84. The number of hydrogen-bond donors (Lipinski definition) is 2. The third-order valence-electron chi connectivity index (χ3n) is 5.36. The lowest BCUT2D eigenvalue weighted by molar-refractivity contribution is -0.274. The fourth-order valence-corrected chi connectivity index (χ4v) is 3.68. The second-order valence-corrected chi connectivity index (χ2v) is 7.79. The lowest BCUT2D eigenvalue weighted by atomic mass is 10.1. The molecule has 1 unspecified atom stereocenters. The molecule has 10 heteroatoms. The van der Waals surface area contributed by atoms with Crippen LogP contribution < -0.4 is 10.1 Å². The standard InChI is InChI=1S/C25H19F3N2O5/c26-25(27,28)35-18-10-8-16(9-11-18)21(31)13-29-22(32)17-5-3-4-15(12-17)14-30-23(33)19-6-1-2-7-20(19)24(30)34/h1-12,21,31H,13-14H2,(H,29,32). The highest BCUT2D eigenvalue weighted by molar-refractivity contribution is 6.21. The van der Waals surface area contributed by atoms with Crippen LogP contribution in [-0.2, 0) is 6.54 Å². The van der Waals surface area contributed by atoms with Crippen molar-refractivity contribution >= 4 is 17.7 Å². The summed E-state index contributed by atoms with van der Waals surface area (Å²) in [5.74, 6) is -1.75. The number of hydrogen-bond acceptors (Lipinski definition) is 5. The Morgan fingerprint density at radius 1 is 0.943 bits per heavy atom. The highest BCUT2D eigenvalue weighted by Crippen LogP contribution is 2.25. The van der Waals surface area contributed by atoms with E-state index in [1.807, 2.05) is 0 Å². The van der Waals surface area contributed by atoms with E-state index in [0.717, 1.165) is 17.0 Å². The van der Waals surface area contributed by atoms with Crippen LogP contribution in [0.25, 0.3) is 0 Å². The van der Waals surface area contributed by atoms with E-state index >= 15 is 0 Å². The van der Waals surface area contributed by atoms with Gasteiger partial charge in [-0.1, -0.05) is 36.4 Å². The molecule has 0 saturated carbocycles. The number of nitrogens with zero attached hydrogens (tertiary/aromatic N) is 1. The third kappa shape index (κ3) is 5.49. The van der Waals surface area contributed by atoms with Gasteiger partial charge in [-0.3, -0.25) is 19.3 Å². The first kappa shape index (κ1) is 24.0. The number of aliphatic hydroxyl groups is 1. The summed E-state index contributed by atoms with van der Waals surface area (Å²) in [6, 6.07) is 17.6. The van der Waals surface area contributed by atoms with Crippen molar-refractivity contribution in [3.8, 4) is 5.75 Å². The Balaban J connectivity index is 1.36. The number of carbonyl (C=O) groups is 3. The molecular formula is C25H19F3N2O5. The lowest BCUT2D eigenvalue weighted by Crippen LogP contribution is -2.30. The fourth-order valence-electron chi connectivity index (χ4n) is 3.68. The van der Waals surface area contributed by atoms with Crippen LogP contribution in [0.3, 0.4) is 0 Å². The molecule has 3 amide bonds. The molecule has 1 atom stereocenters. The van der Waals surface area contributed by atoms with E-state index in [9.17, 15) is 32.7 Å². The van der Waals surface area contributed by atoms with Crippen LogP contribution in [0.2, 0.25) is 0 Å². The van der Waals surface area contributed by atoms with E-state index in [-0.39, 0.29) is 18.7 Å². The Kier molecular flexibility index (Phi) is 6.57. The molecule has 0 aliphatic carbocycles. The van der Waals surface area contributed by atoms with Gasteiger partial charge in [0.1, 0.15) is 5.75 Å². The number of rotatable bonds is 7. The van der Waals surface area contributed by atoms with Gasteiger partial charge in [0.05, 0.1) is 23.8 Å². The van der Waals surface area contributed by atoms with Crippen molar-refractivity contribution in [2.45, 2.75) is 19.0 Å². The Morgan fingerprint density at radius 3 is 2.17 bits per heavy atom. The summed E-state index contributed by atoms with van der Waals surface area (Å²) < 4.78 is 40.6. The lowest BCUT2D eigenvalue weighted by Gasteiger charge is -2.15. The zero-order chi connectivity index (χ0) is 25.2. The van der Waals surface area contributed by atoms with Crippen LogP contribution in [0.5, 0.6) is 5.75 Å². The van der Waals surface area contributed by atoms with Gasteiger partial charge in [-0.2, -0.15) is 0 Å². The van der Waals surface area contributed by atoms with Crippen molar-refractivity contribution in [2.75, 3.05) is 6.54 Å². The minimum atomic E-state index is -4.82. The van der Waals surface area contributed by atoms with Gasteiger partial charge in [-0.05, 0) is 47.5 Å². The highest BCUT2D eigenvalue weighted by atomic mass is 19.4. The zero-order valence-corrected chi connectivity index (χ0v) is 18.1. The average Bonchev–Trinajstić information content (AvgIpc) is 3.07. The maximum Gasteiger partial charge on any atom is 0.573 e. The summed E-state index contributed by atoms with van der Waals surface area (Å²) in [7, 11) is 0. The number of imide groups is 1. The summed E-state index contributed by atoms with van der Waals surface area (Å²) in [6.45, 7) is -0.205. The van der Waals surface area contributed by atoms with Gasteiger partial charge in [-0.25, -0.2) is 0 Å². The maximum absolute atomic E-state index is 12.6. The molecule has 0 saturated heterocycles. The predicted molar refractivity (Wildman–Crippen MR) is 118 cm³/mol. The van der Waals surface area contributed by atoms with E-state index in [1.54, 1.807) is 36.4 Å². The van der Waals surface area contributed by atoms with Crippen LogP contribution in [0, 0.1) is 0 Å². The average molecular weight is 484 g/mol. The number of aliphatic hydroxyl groups excluding tert-OH is 1. The van der Waals surface area contributed by atoms with Gasteiger partial charge in [0, 0.05) is 12.1 Å². The first-order chi connectivity index (χ1) is 16.6. The van der Waals surface area contributed by atoms with Gasteiger partial charge < -0.3 is 15.2 Å². The molecule has 1 aliphatic rings.